The van der Waals surface area contributed by atoms with Crippen LogP contribution in [-0.2, 0) is 11.3 Å². The van der Waals surface area contributed by atoms with Crippen LogP contribution in [0.4, 0.5) is 0 Å². The molecule has 0 spiro atoms. The maximum Gasteiger partial charge on any atom is 0.253 e. The van der Waals surface area contributed by atoms with Gasteiger partial charge in [-0.2, -0.15) is 4.98 Å². The lowest BCUT2D eigenvalue weighted by molar-refractivity contribution is -0.127. The van der Waals surface area contributed by atoms with Gasteiger partial charge < -0.3 is 9.64 Å². The first-order valence-corrected chi connectivity index (χ1v) is 9.15. The highest BCUT2D eigenvalue weighted by Gasteiger charge is 2.13. The summed E-state index contributed by atoms with van der Waals surface area (Å²) in [4.78, 5) is 22.8. The minimum absolute atomic E-state index is 0.0190. The molecule has 8 heteroatoms. The zero-order valence-electron chi connectivity index (χ0n) is 15.3. The van der Waals surface area contributed by atoms with Crippen LogP contribution in [-0.4, -0.2) is 50.3 Å². The smallest absolute Gasteiger partial charge is 0.253 e. The average molecular weight is 371 g/mol. The van der Waals surface area contributed by atoms with E-state index in [1.165, 1.54) is 11.8 Å². The number of nitrogens with zero attached hydrogens (tertiary/aromatic N) is 5. The molecule has 0 bridgehead atoms. The second kappa shape index (κ2) is 7.74. The molecule has 0 N–H and O–H groups in total. The Kier molecular flexibility index (Phi) is 5.41. The summed E-state index contributed by atoms with van der Waals surface area (Å²) in [6, 6.07) is 9.64. The van der Waals surface area contributed by atoms with E-state index in [9.17, 15) is 4.79 Å². The van der Waals surface area contributed by atoms with E-state index in [2.05, 4.69) is 15.1 Å². The molecule has 0 fully saturated rings. The number of hydrogen-bond donors (Lipinski definition) is 0. The van der Waals surface area contributed by atoms with Crippen molar-refractivity contribution in [1.29, 1.82) is 0 Å². The first-order valence-electron chi connectivity index (χ1n) is 8.17. The summed E-state index contributed by atoms with van der Waals surface area (Å²) in [7, 11) is 3.42. The molecule has 2 heterocycles. The lowest BCUT2D eigenvalue weighted by Crippen LogP contribution is -2.27. The van der Waals surface area contributed by atoms with Gasteiger partial charge in [0.2, 0.25) is 11.1 Å². The number of thioether (sulfide) groups is 1. The monoisotopic (exact) mass is 371 g/mol. The lowest BCUT2D eigenvalue weighted by Gasteiger charge is -2.16. The predicted octanol–water partition coefficient (Wildman–Crippen LogP) is 2.50. The molecule has 0 aliphatic rings. The van der Waals surface area contributed by atoms with Gasteiger partial charge in [0, 0.05) is 25.0 Å². The molecule has 0 unspecified atom stereocenters. The zero-order chi connectivity index (χ0) is 18.7. The first-order chi connectivity index (χ1) is 12.5. The highest BCUT2D eigenvalue weighted by molar-refractivity contribution is 7.99. The van der Waals surface area contributed by atoms with E-state index in [-0.39, 0.29) is 11.7 Å². The molecule has 0 saturated heterocycles. The maximum atomic E-state index is 12.4. The Labute approximate surface area is 156 Å². The number of aryl methyl sites for hydroxylation is 2. The van der Waals surface area contributed by atoms with E-state index in [4.69, 9.17) is 4.74 Å². The Morgan fingerprint density at radius 2 is 1.96 bits per heavy atom. The van der Waals surface area contributed by atoms with Gasteiger partial charge in [-0.1, -0.05) is 23.9 Å². The van der Waals surface area contributed by atoms with Crippen LogP contribution in [0, 0.1) is 13.8 Å². The van der Waals surface area contributed by atoms with Gasteiger partial charge in [0.05, 0.1) is 12.9 Å². The predicted molar refractivity (Wildman–Crippen MR) is 100 cm³/mol. The van der Waals surface area contributed by atoms with Crippen molar-refractivity contribution in [3.05, 3.63) is 47.3 Å². The number of fused-ring (bicyclic) bond motifs is 1. The Bertz CT molecular complexity index is 923. The number of hydrogen-bond acceptors (Lipinski definition) is 6. The fourth-order valence-electron chi connectivity index (χ4n) is 2.54. The van der Waals surface area contributed by atoms with Gasteiger partial charge in [0.1, 0.15) is 5.75 Å². The molecule has 136 valence electrons. The molecule has 26 heavy (non-hydrogen) atoms. The highest BCUT2D eigenvalue weighted by atomic mass is 32.2. The number of carbonyl (C=O) groups is 1. The van der Waals surface area contributed by atoms with Crippen LogP contribution in [0.3, 0.4) is 0 Å². The molecule has 3 rings (SSSR count). The third-order valence-electron chi connectivity index (χ3n) is 3.93. The van der Waals surface area contributed by atoms with Crippen LogP contribution in [0.2, 0.25) is 0 Å². The Hall–Kier alpha value is -2.61. The quantitative estimate of drug-likeness (QED) is 0.620. The third kappa shape index (κ3) is 4.13. The van der Waals surface area contributed by atoms with E-state index < -0.39 is 0 Å². The van der Waals surface area contributed by atoms with Crippen molar-refractivity contribution in [3.63, 3.8) is 0 Å². The van der Waals surface area contributed by atoms with Crippen molar-refractivity contribution in [2.75, 3.05) is 19.9 Å². The summed E-state index contributed by atoms with van der Waals surface area (Å²) in [5.74, 6) is 1.66. The molecule has 2 aromatic heterocycles. The fraction of sp³-hybridized carbons (Fsp3) is 0.333. The summed E-state index contributed by atoms with van der Waals surface area (Å²) >= 11 is 1.32. The number of carbonyl (C=O) groups excluding carboxylic acids is 1. The summed E-state index contributed by atoms with van der Waals surface area (Å²) in [6.07, 6.45) is 0. The van der Waals surface area contributed by atoms with Crippen LogP contribution < -0.4 is 4.74 Å². The maximum absolute atomic E-state index is 12.4. The highest BCUT2D eigenvalue weighted by Crippen LogP contribution is 2.17. The molecule has 1 amide bonds. The molecule has 3 aromatic rings. The topological polar surface area (TPSA) is 72.6 Å². The minimum Gasteiger partial charge on any atom is -0.497 e. The Morgan fingerprint density at radius 1 is 1.23 bits per heavy atom. The molecule has 7 nitrogen and oxygen atoms in total. The number of rotatable bonds is 6. The van der Waals surface area contributed by atoms with Crippen molar-refractivity contribution >= 4 is 23.4 Å². The van der Waals surface area contributed by atoms with Gasteiger partial charge in [-0.25, -0.2) is 9.50 Å². The van der Waals surface area contributed by atoms with E-state index in [1.807, 2.05) is 44.2 Å². The van der Waals surface area contributed by atoms with E-state index in [0.717, 1.165) is 22.7 Å². The minimum atomic E-state index is 0.0190. The van der Waals surface area contributed by atoms with Crippen molar-refractivity contribution in [2.24, 2.45) is 0 Å². The first kappa shape index (κ1) is 18.2. The van der Waals surface area contributed by atoms with Gasteiger partial charge >= 0.3 is 0 Å². The van der Waals surface area contributed by atoms with Gasteiger partial charge in [-0.05, 0) is 37.6 Å². The van der Waals surface area contributed by atoms with Crippen molar-refractivity contribution < 1.29 is 9.53 Å². The summed E-state index contributed by atoms with van der Waals surface area (Å²) in [6.45, 7) is 4.42. The lowest BCUT2D eigenvalue weighted by atomic mass is 10.2. The van der Waals surface area contributed by atoms with Crippen LogP contribution in [0.25, 0.3) is 5.78 Å². The van der Waals surface area contributed by atoms with Crippen LogP contribution >= 0.6 is 11.8 Å². The van der Waals surface area contributed by atoms with Crippen molar-refractivity contribution in [1.82, 2.24) is 24.5 Å². The van der Waals surface area contributed by atoms with Crippen LogP contribution in [0.5, 0.6) is 5.75 Å². The second-order valence-electron chi connectivity index (χ2n) is 6.03. The summed E-state index contributed by atoms with van der Waals surface area (Å²) < 4.78 is 6.84. The number of benzene rings is 1. The second-order valence-corrected chi connectivity index (χ2v) is 6.97. The standard InChI is InChI=1S/C18H21N5O2S/c1-12-9-13(2)23-17(19-12)20-18(21-23)26-11-16(24)22(3)10-14-5-7-15(25-4)8-6-14/h5-9H,10-11H2,1-4H3. The summed E-state index contributed by atoms with van der Waals surface area (Å²) in [5, 5.41) is 4.96. The average Bonchev–Trinajstić information content (AvgIpc) is 3.03. The molecule has 0 aliphatic carbocycles. The molecule has 0 saturated carbocycles. The van der Waals surface area contributed by atoms with Crippen LogP contribution in [0.15, 0.2) is 35.5 Å². The normalized spacial score (nSPS) is 10.9. The SMILES string of the molecule is COc1ccc(CN(C)C(=O)CSc2nc3nc(C)cc(C)n3n2)cc1. The van der Waals surface area contributed by atoms with Crippen LogP contribution in [0.1, 0.15) is 17.0 Å². The molecule has 0 aliphatic heterocycles. The Balaban J connectivity index is 1.60. The molecular weight excluding hydrogens is 350 g/mol. The third-order valence-corrected chi connectivity index (χ3v) is 4.75. The van der Waals surface area contributed by atoms with E-state index >= 15 is 0 Å². The largest absolute Gasteiger partial charge is 0.497 e. The molecular formula is C18H21N5O2S. The fourth-order valence-corrected chi connectivity index (χ4v) is 3.30. The molecule has 0 radical (unpaired) electrons. The van der Waals surface area contributed by atoms with Crippen molar-refractivity contribution in [2.45, 2.75) is 25.5 Å². The number of ether oxygens (including phenoxy) is 1. The van der Waals surface area contributed by atoms with Gasteiger partial charge in [0.15, 0.2) is 0 Å². The summed E-state index contributed by atoms with van der Waals surface area (Å²) in [5.41, 5.74) is 2.91. The molecule has 1 aromatic carbocycles. The van der Waals surface area contributed by atoms with E-state index in [1.54, 1.807) is 23.6 Å². The van der Waals surface area contributed by atoms with Gasteiger partial charge in [-0.3, -0.25) is 4.79 Å². The molecule has 0 atom stereocenters. The van der Waals surface area contributed by atoms with Crippen molar-refractivity contribution in [3.8, 4) is 5.75 Å². The zero-order valence-corrected chi connectivity index (χ0v) is 16.1. The van der Waals surface area contributed by atoms with Gasteiger partial charge in [-0.15, -0.1) is 5.10 Å². The number of aromatic nitrogens is 4. The van der Waals surface area contributed by atoms with Gasteiger partial charge in [0.25, 0.3) is 5.78 Å². The Morgan fingerprint density at radius 3 is 2.65 bits per heavy atom. The van der Waals surface area contributed by atoms with E-state index in [0.29, 0.717) is 17.5 Å². The number of amides is 1. The number of methoxy groups -OCH3 is 1.